The maximum Gasteiger partial charge on any atom is 0.233 e. The summed E-state index contributed by atoms with van der Waals surface area (Å²) >= 11 is 0. The quantitative estimate of drug-likeness (QED) is 0.793. The molecule has 1 aromatic carbocycles. The number of carbonyl (C=O) groups is 1. The molecule has 2 N–H and O–H groups in total. The molecular formula is C13H18N2O. The van der Waals surface area contributed by atoms with Crippen LogP contribution in [0.1, 0.15) is 23.5 Å². The molecule has 1 amide bonds. The zero-order chi connectivity index (χ0) is 11.4. The Morgan fingerprint density at radius 3 is 3.06 bits per heavy atom. The Kier molecular flexibility index (Phi) is 3.57. The Hall–Kier alpha value is -1.35. The first-order chi connectivity index (χ1) is 7.81. The maximum atomic E-state index is 11.3. The van der Waals surface area contributed by atoms with E-state index in [4.69, 9.17) is 0 Å². The highest BCUT2D eigenvalue weighted by atomic mass is 16.1. The minimum atomic E-state index is 0.0758. The number of hydrogen-bond acceptors (Lipinski definition) is 2. The Balaban J connectivity index is 1.91. The van der Waals surface area contributed by atoms with Gasteiger partial charge in [-0.15, -0.1) is 0 Å². The van der Waals surface area contributed by atoms with Gasteiger partial charge in [0.25, 0.3) is 0 Å². The van der Waals surface area contributed by atoms with E-state index in [-0.39, 0.29) is 5.91 Å². The second-order valence-electron chi connectivity index (χ2n) is 4.27. The third-order valence-corrected chi connectivity index (χ3v) is 3.14. The van der Waals surface area contributed by atoms with Crippen LogP contribution in [0.2, 0.25) is 0 Å². The van der Waals surface area contributed by atoms with Crippen LogP contribution in [-0.2, 0) is 11.2 Å². The lowest BCUT2D eigenvalue weighted by molar-refractivity contribution is -0.120. The van der Waals surface area contributed by atoms with Crippen LogP contribution in [-0.4, -0.2) is 26.0 Å². The lowest BCUT2D eigenvalue weighted by Gasteiger charge is -2.12. The molecule has 86 valence electrons. The van der Waals surface area contributed by atoms with Crippen LogP contribution >= 0.6 is 0 Å². The predicted octanol–water partition coefficient (Wildman–Crippen LogP) is 1.05. The molecule has 0 fully saturated rings. The molecule has 1 aromatic rings. The van der Waals surface area contributed by atoms with Gasteiger partial charge >= 0.3 is 0 Å². The summed E-state index contributed by atoms with van der Waals surface area (Å²) < 4.78 is 0. The van der Waals surface area contributed by atoms with Gasteiger partial charge < -0.3 is 10.6 Å². The van der Waals surface area contributed by atoms with Crippen LogP contribution in [0.4, 0.5) is 0 Å². The van der Waals surface area contributed by atoms with Gasteiger partial charge in [0.05, 0.1) is 6.54 Å². The van der Waals surface area contributed by atoms with Gasteiger partial charge in [-0.25, -0.2) is 0 Å². The minimum Gasteiger partial charge on any atom is -0.354 e. The van der Waals surface area contributed by atoms with Gasteiger partial charge in [-0.1, -0.05) is 24.3 Å². The summed E-state index contributed by atoms with van der Waals surface area (Å²) in [6, 6.07) is 8.52. The molecule has 0 radical (unpaired) electrons. The van der Waals surface area contributed by atoms with Crippen molar-refractivity contribution in [2.75, 3.05) is 20.1 Å². The van der Waals surface area contributed by atoms with E-state index >= 15 is 0 Å². The number of nitrogens with one attached hydrogen (secondary N) is 2. The van der Waals surface area contributed by atoms with Crippen molar-refractivity contribution >= 4 is 5.91 Å². The van der Waals surface area contributed by atoms with Gasteiger partial charge in [-0.2, -0.15) is 0 Å². The highest BCUT2D eigenvalue weighted by Crippen LogP contribution is 2.31. The van der Waals surface area contributed by atoms with Crippen molar-refractivity contribution in [1.29, 1.82) is 0 Å². The van der Waals surface area contributed by atoms with E-state index in [1.54, 1.807) is 7.05 Å². The lowest BCUT2D eigenvalue weighted by Crippen LogP contribution is -2.34. The lowest BCUT2D eigenvalue weighted by atomic mass is 10.0. The fraction of sp³-hybridized carbons (Fsp3) is 0.462. The number of rotatable bonds is 4. The summed E-state index contributed by atoms with van der Waals surface area (Å²) in [5, 5.41) is 5.81. The van der Waals surface area contributed by atoms with E-state index < -0.39 is 0 Å². The predicted molar refractivity (Wildman–Crippen MR) is 64.4 cm³/mol. The highest BCUT2D eigenvalue weighted by Gasteiger charge is 2.21. The molecule has 0 aliphatic heterocycles. The van der Waals surface area contributed by atoms with Gasteiger partial charge in [0.2, 0.25) is 5.91 Å². The molecule has 3 nitrogen and oxygen atoms in total. The van der Waals surface area contributed by atoms with Gasteiger partial charge in [-0.3, -0.25) is 4.79 Å². The Bertz CT molecular complexity index is 376. The van der Waals surface area contributed by atoms with Crippen molar-refractivity contribution in [2.24, 2.45) is 0 Å². The van der Waals surface area contributed by atoms with Crippen LogP contribution in [0.5, 0.6) is 0 Å². The molecule has 0 aromatic heterocycles. The number of fused-ring (bicyclic) bond motifs is 1. The van der Waals surface area contributed by atoms with Gasteiger partial charge in [0.15, 0.2) is 0 Å². The average Bonchev–Trinajstić information content (AvgIpc) is 2.70. The molecule has 1 aliphatic rings. The summed E-state index contributed by atoms with van der Waals surface area (Å²) in [4.78, 5) is 11.3. The topological polar surface area (TPSA) is 41.1 Å². The Labute approximate surface area is 96.2 Å². The molecule has 0 spiro atoms. The second-order valence-corrected chi connectivity index (χ2v) is 4.27. The van der Waals surface area contributed by atoms with Crippen LogP contribution in [0, 0.1) is 0 Å². The molecule has 1 unspecified atom stereocenters. The fourth-order valence-electron chi connectivity index (χ4n) is 2.32. The number of likely N-dealkylation sites (N-methyl/N-ethyl adjacent to an activating group) is 1. The highest BCUT2D eigenvalue weighted by molar-refractivity contribution is 5.78. The van der Waals surface area contributed by atoms with Crippen LogP contribution in [0.3, 0.4) is 0 Å². The van der Waals surface area contributed by atoms with E-state index in [0.29, 0.717) is 12.5 Å². The molecule has 0 bridgehead atoms. The Morgan fingerprint density at radius 1 is 1.44 bits per heavy atom. The van der Waals surface area contributed by atoms with Gasteiger partial charge in [0, 0.05) is 12.5 Å². The van der Waals surface area contributed by atoms with Crippen molar-refractivity contribution in [2.45, 2.75) is 18.8 Å². The smallest absolute Gasteiger partial charge is 0.233 e. The Morgan fingerprint density at radius 2 is 2.25 bits per heavy atom. The zero-order valence-corrected chi connectivity index (χ0v) is 9.62. The molecule has 1 aliphatic carbocycles. The normalized spacial score (nSPS) is 18.2. The fourth-order valence-corrected chi connectivity index (χ4v) is 2.32. The first kappa shape index (κ1) is 11.1. The van der Waals surface area contributed by atoms with E-state index in [1.165, 1.54) is 11.1 Å². The zero-order valence-electron chi connectivity index (χ0n) is 9.62. The third kappa shape index (κ3) is 2.42. The summed E-state index contributed by atoms with van der Waals surface area (Å²) in [7, 11) is 1.78. The third-order valence-electron chi connectivity index (χ3n) is 3.14. The number of carbonyl (C=O) groups excluding carboxylic acids is 1. The largest absolute Gasteiger partial charge is 0.354 e. The van der Waals surface area contributed by atoms with E-state index in [9.17, 15) is 4.79 Å². The minimum absolute atomic E-state index is 0.0758. The van der Waals surface area contributed by atoms with Gasteiger partial charge in [0.1, 0.15) is 0 Å². The summed E-state index contributed by atoms with van der Waals surface area (Å²) in [6.07, 6.45) is 2.29. The number of amides is 1. The standard InChI is InChI=1S/C13H18N2O/c1-14-9-13(16)15-8-11-7-6-10-4-2-3-5-12(10)11/h2-5,11,14H,6-9H2,1H3,(H,15,16). The average molecular weight is 218 g/mol. The van der Waals surface area contributed by atoms with E-state index in [1.807, 2.05) is 0 Å². The monoisotopic (exact) mass is 218 g/mol. The second kappa shape index (κ2) is 5.12. The van der Waals surface area contributed by atoms with Crippen molar-refractivity contribution in [3.63, 3.8) is 0 Å². The van der Waals surface area contributed by atoms with Crippen molar-refractivity contribution in [3.05, 3.63) is 35.4 Å². The van der Waals surface area contributed by atoms with Crippen LogP contribution in [0.15, 0.2) is 24.3 Å². The van der Waals surface area contributed by atoms with Gasteiger partial charge in [-0.05, 0) is 31.0 Å². The summed E-state index contributed by atoms with van der Waals surface area (Å²) in [5.41, 5.74) is 2.85. The van der Waals surface area contributed by atoms with Crippen LogP contribution in [0.25, 0.3) is 0 Å². The molecule has 3 heteroatoms. The number of hydrogen-bond donors (Lipinski definition) is 2. The number of benzene rings is 1. The number of aryl methyl sites for hydroxylation is 1. The van der Waals surface area contributed by atoms with Crippen molar-refractivity contribution < 1.29 is 4.79 Å². The van der Waals surface area contributed by atoms with E-state index in [2.05, 4.69) is 34.9 Å². The molecule has 0 saturated heterocycles. The molecule has 2 rings (SSSR count). The summed E-state index contributed by atoms with van der Waals surface area (Å²) in [6.45, 7) is 1.16. The van der Waals surface area contributed by atoms with Crippen molar-refractivity contribution in [1.82, 2.24) is 10.6 Å². The van der Waals surface area contributed by atoms with Crippen LogP contribution < -0.4 is 10.6 Å². The molecule has 0 saturated carbocycles. The SMILES string of the molecule is CNCC(=O)NCC1CCc2ccccc21. The summed E-state index contributed by atoms with van der Waals surface area (Å²) in [5.74, 6) is 0.573. The van der Waals surface area contributed by atoms with E-state index in [0.717, 1.165) is 19.4 Å². The van der Waals surface area contributed by atoms with Crippen molar-refractivity contribution in [3.8, 4) is 0 Å². The molecule has 1 atom stereocenters. The molecular weight excluding hydrogens is 200 g/mol. The molecule has 0 heterocycles. The first-order valence-electron chi connectivity index (χ1n) is 5.80. The first-order valence-corrected chi connectivity index (χ1v) is 5.80. The maximum absolute atomic E-state index is 11.3. The molecule has 16 heavy (non-hydrogen) atoms.